The van der Waals surface area contributed by atoms with Gasteiger partial charge >= 0.3 is 0 Å². The van der Waals surface area contributed by atoms with Crippen LogP contribution in [0.5, 0.6) is 5.75 Å². The molecule has 0 fully saturated rings. The minimum atomic E-state index is -0.0525. The Morgan fingerprint density at radius 1 is 1.32 bits per heavy atom. The molecule has 5 heteroatoms. The summed E-state index contributed by atoms with van der Waals surface area (Å²) in [4.78, 5) is 14.7. The van der Waals surface area contributed by atoms with E-state index in [2.05, 4.69) is 0 Å². The molecule has 1 aromatic heterocycles. The number of likely N-dealkylation sites (N-methyl/N-ethyl adjacent to an activating group) is 1. The Morgan fingerprint density at radius 3 is 2.68 bits per heavy atom. The third-order valence-corrected chi connectivity index (χ3v) is 3.69. The summed E-state index contributed by atoms with van der Waals surface area (Å²) in [6.45, 7) is 0.643. The summed E-state index contributed by atoms with van der Waals surface area (Å²) in [5.41, 5.74) is 0. The molecule has 2 aromatic rings. The lowest BCUT2D eigenvalue weighted by Gasteiger charge is -2.16. The fraction of sp³-hybridized carbons (Fsp3) is 0.214. The zero-order valence-corrected chi connectivity index (χ0v) is 12.1. The van der Waals surface area contributed by atoms with E-state index in [1.54, 1.807) is 47.5 Å². The van der Waals surface area contributed by atoms with Crippen molar-refractivity contribution >= 4 is 28.8 Å². The van der Waals surface area contributed by atoms with Crippen molar-refractivity contribution in [2.75, 3.05) is 13.7 Å². The summed E-state index contributed by atoms with van der Waals surface area (Å²) in [5, 5.41) is 2.64. The minimum absolute atomic E-state index is 0.0313. The molecule has 3 nitrogen and oxygen atoms in total. The van der Waals surface area contributed by atoms with Crippen molar-refractivity contribution in [3.63, 3.8) is 0 Å². The zero-order chi connectivity index (χ0) is 13.7. The quantitative estimate of drug-likeness (QED) is 0.846. The number of thiophene rings is 1. The maximum Gasteiger partial charge on any atom is 0.260 e. The molecular formula is C14H14ClNO2S. The Bertz CT molecular complexity index is 525. The second kappa shape index (κ2) is 6.59. The number of carbonyl (C=O) groups is 1. The molecular weight excluding hydrogens is 282 g/mol. The Kier molecular flexibility index (Phi) is 4.82. The van der Waals surface area contributed by atoms with Crippen molar-refractivity contribution in [2.45, 2.75) is 6.54 Å². The number of ether oxygens (including phenoxy) is 1. The molecule has 0 aliphatic rings. The van der Waals surface area contributed by atoms with Crippen LogP contribution in [0.15, 0.2) is 41.8 Å². The first-order valence-corrected chi connectivity index (χ1v) is 7.05. The van der Waals surface area contributed by atoms with Crippen LogP contribution in [-0.4, -0.2) is 24.5 Å². The molecule has 1 heterocycles. The zero-order valence-electron chi connectivity index (χ0n) is 10.5. The van der Waals surface area contributed by atoms with Gasteiger partial charge in [-0.3, -0.25) is 4.79 Å². The highest BCUT2D eigenvalue weighted by atomic mass is 35.5. The number of rotatable bonds is 5. The topological polar surface area (TPSA) is 29.5 Å². The number of hydrogen-bond acceptors (Lipinski definition) is 3. The highest BCUT2D eigenvalue weighted by Crippen LogP contribution is 2.16. The molecule has 0 spiro atoms. The van der Waals surface area contributed by atoms with Crippen LogP contribution in [0.25, 0.3) is 0 Å². The van der Waals surface area contributed by atoms with Crippen LogP contribution in [0.3, 0.4) is 0 Å². The van der Waals surface area contributed by atoms with Gasteiger partial charge in [0.1, 0.15) is 5.75 Å². The van der Waals surface area contributed by atoms with E-state index in [1.807, 2.05) is 17.5 Å². The number of hydrogen-bond donors (Lipinski definition) is 0. The van der Waals surface area contributed by atoms with Crippen molar-refractivity contribution in [3.8, 4) is 5.75 Å². The lowest BCUT2D eigenvalue weighted by molar-refractivity contribution is -0.132. The lowest BCUT2D eigenvalue weighted by atomic mass is 10.3. The third-order valence-electron chi connectivity index (χ3n) is 2.57. The molecule has 0 aliphatic carbocycles. The molecule has 2 rings (SSSR count). The number of halogens is 1. The molecule has 0 N–H and O–H groups in total. The van der Waals surface area contributed by atoms with Crippen molar-refractivity contribution in [1.82, 2.24) is 4.90 Å². The summed E-state index contributed by atoms with van der Waals surface area (Å²) in [6, 6.07) is 10.9. The predicted octanol–water partition coefficient (Wildman–Crippen LogP) is 3.44. The SMILES string of the molecule is CN(Cc1cccs1)C(=O)COc1ccc(Cl)cc1. The number of benzene rings is 1. The molecule has 0 atom stereocenters. The second-order valence-corrected chi connectivity index (χ2v) is 5.54. The normalized spacial score (nSPS) is 10.2. The number of nitrogens with zero attached hydrogens (tertiary/aromatic N) is 1. The fourth-order valence-electron chi connectivity index (χ4n) is 1.51. The summed E-state index contributed by atoms with van der Waals surface area (Å²) in [5.74, 6) is 0.589. The first kappa shape index (κ1) is 13.9. The third kappa shape index (κ3) is 4.26. The van der Waals surface area contributed by atoms with Gasteiger partial charge in [-0.1, -0.05) is 17.7 Å². The summed E-state index contributed by atoms with van der Waals surface area (Å²) in [6.07, 6.45) is 0. The Labute approximate surface area is 121 Å². The maximum absolute atomic E-state index is 11.9. The van der Waals surface area contributed by atoms with E-state index in [-0.39, 0.29) is 12.5 Å². The van der Waals surface area contributed by atoms with E-state index >= 15 is 0 Å². The van der Waals surface area contributed by atoms with Gasteiger partial charge < -0.3 is 9.64 Å². The van der Waals surface area contributed by atoms with Crippen molar-refractivity contribution in [3.05, 3.63) is 51.7 Å². The van der Waals surface area contributed by atoms with Gasteiger partial charge in [-0.2, -0.15) is 0 Å². The standard InChI is InChI=1S/C14H14ClNO2S/c1-16(9-13-3-2-8-19-13)14(17)10-18-12-6-4-11(15)5-7-12/h2-8H,9-10H2,1H3. The van der Waals surface area contributed by atoms with Gasteiger partial charge in [0.25, 0.3) is 5.91 Å². The van der Waals surface area contributed by atoms with Gasteiger partial charge in [0.2, 0.25) is 0 Å². The first-order chi connectivity index (χ1) is 9.15. The number of amides is 1. The minimum Gasteiger partial charge on any atom is -0.484 e. The first-order valence-electron chi connectivity index (χ1n) is 5.80. The average Bonchev–Trinajstić information content (AvgIpc) is 2.90. The highest BCUT2D eigenvalue weighted by Gasteiger charge is 2.10. The van der Waals surface area contributed by atoms with Gasteiger partial charge in [0.05, 0.1) is 6.54 Å². The Balaban J connectivity index is 1.82. The molecule has 0 radical (unpaired) electrons. The van der Waals surface area contributed by atoms with Crippen molar-refractivity contribution in [1.29, 1.82) is 0 Å². The van der Waals surface area contributed by atoms with E-state index in [4.69, 9.17) is 16.3 Å². The molecule has 0 aliphatic heterocycles. The van der Waals surface area contributed by atoms with Crippen LogP contribution in [-0.2, 0) is 11.3 Å². The van der Waals surface area contributed by atoms with Crippen LogP contribution in [0.1, 0.15) is 4.88 Å². The van der Waals surface area contributed by atoms with E-state index in [1.165, 1.54) is 0 Å². The Morgan fingerprint density at radius 2 is 2.05 bits per heavy atom. The van der Waals surface area contributed by atoms with Gasteiger partial charge in [-0.05, 0) is 35.7 Å². The van der Waals surface area contributed by atoms with Crippen LogP contribution in [0.2, 0.25) is 5.02 Å². The fourth-order valence-corrected chi connectivity index (χ4v) is 2.39. The monoisotopic (exact) mass is 295 g/mol. The van der Waals surface area contributed by atoms with Gasteiger partial charge in [-0.25, -0.2) is 0 Å². The molecule has 100 valence electrons. The van der Waals surface area contributed by atoms with Crippen molar-refractivity contribution < 1.29 is 9.53 Å². The van der Waals surface area contributed by atoms with Gasteiger partial charge in [0.15, 0.2) is 6.61 Å². The second-order valence-electron chi connectivity index (χ2n) is 4.07. The molecule has 19 heavy (non-hydrogen) atoms. The maximum atomic E-state index is 11.9. The molecule has 0 saturated heterocycles. The Hall–Kier alpha value is -1.52. The summed E-state index contributed by atoms with van der Waals surface area (Å²) >= 11 is 7.41. The van der Waals surface area contributed by atoms with Gasteiger partial charge in [-0.15, -0.1) is 11.3 Å². The summed E-state index contributed by atoms with van der Waals surface area (Å²) in [7, 11) is 1.77. The van der Waals surface area contributed by atoms with E-state index in [9.17, 15) is 4.79 Å². The van der Waals surface area contributed by atoms with Crippen LogP contribution < -0.4 is 4.74 Å². The molecule has 0 unspecified atom stereocenters. The molecule has 0 bridgehead atoms. The molecule has 0 saturated carbocycles. The smallest absolute Gasteiger partial charge is 0.260 e. The van der Waals surface area contributed by atoms with E-state index < -0.39 is 0 Å². The predicted molar refractivity (Wildman–Crippen MR) is 77.7 cm³/mol. The highest BCUT2D eigenvalue weighted by molar-refractivity contribution is 7.09. The lowest BCUT2D eigenvalue weighted by Crippen LogP contribution is -2.30. The van der Waals surface area contributed by atoms with E-state index in [0.717, 1.165) is 4.88 Å². The van der Waals surface area contributed by atoms with Crippen LogP contribution in [0, 0.1) is 0 Å². The summed E-state index contributed by atoms with van der Waals surface area (Å²) < 4.78 is 5.42. The number of carbonyl (C=O) groups excluding carboxylic acids is 1. The molecule has 1 aromatic carbocycles. The van der Waals surface area contributed by atoms with Crippen LogP contribution >= 0.6 is 22.9 Å². The van der Waals surface area contributed by atoms with Crippen LogP contribution in [0.4, 0.5) is 0 Å². The largest absolute Gasteiger partial charge is 0.484 e. The van der Waals surface area contributed by atoms with Gasteiger partial charge in [0, 0.05) is 16.9 Å². The van der Waals surface area contributed by atoms with Crippen molar-refractivity contribution in [2.24, 2.45) is 0 Å². The molecule has 1 amide bonds. The van der Waals surface area contributed by atoms with E-state index in [0.29, 0.717) is 17.3 Å². The average molecular weight is 296 g/mol.